The van der Waals surface area contributed by atoms with E-state index in [4.69, 9.17) is 0 Å². The van der Waals surface area contributed by atoms with E-state index in [0.717, 1.165) is 0 Å². The standard InChI is InChI=1S/C12H21F5S/c1-10(2,13)7-9(5-4-6-18)8-11(3,14)12(15,16)17/h9,18H,4-8H2,1-3H3. The van der Waals surface area contributed by atoms with Crippen molar-refractivity contribution in [1.82, 2.24) is 0 Å². The molecule has 2 atom stereocenters. The van der Waals surface area contributed by atoms with Crippen molar-refractivity contribution >= 4 is 12.6 Å². The minimum absolute atomic E-state index is 0.0730. The molecular formula is C12H21F5S. The minimum atomic E-state index is -4.91. The van der Waals surface area contributed by atoms with Crippen LogP contribution in [0.15, 0.2) is 0 Å². The number of thiol groups is 1. The van der Waals surface area contributed by atoms with Gasteiger partial charge in [-0.2, -0.15) is 25.8 Å². The predicted octanol–water partition coefficient (Wildman–Crippen LogP) is 5.13. The average molecular weight is 292 g/mol. The monoisotopic (exact) mass is 292 g/mol. The van der Waals surface area contributed by atoms with E-state index in [2.05, 4.69) is 12.6 Å². The second-order valence-electron chi connectivity index (χ2n) is 5.55. The van der Waals surface area contributed by atoms with E-state index in [1.54, 1.807) is 0 Å². The summed E-state index contributed by atoms with van der Waals surface area (Å²) in [6.45, 7) is 3.11. The molecule has 18 heavy (non-hydrogen) atoms. The third kappa shape index (κ3) is 6.81. The second-order valence-corrected chi connectivity index (χ2v) is 6.00. The Labute approximate surface area is 111 Å². The zero-order valence-corrected chi connectivity index (χ0v) is 11.8. The van der Waals surface area contributed by atoms with Gasteiger partial charge in [-0.15, -0.1) is 0 Å². The molecule has 0 aromatic carbocycles. The Kier molecular flexibility index (Phi) is 6.44. The first-order valence-corrected chi connectivity index (χ1v) is 6.58. The maximum atomic E-state index is 13.6. The fourth-order valence-electron chi connectivity index (χ4n) is 2.00. The van der Waals surface area contributed by atoms with E-state index >= 15 is 0 Å². The first kappa shape index (κ1) is 18.0. The van der Waals surface area contributed by atoms with Crippen LogP contribution >= 0.6 is 12.6 Å². The van der Waals surface area contributed by atoms with Crippen molar-refractivity contribution in [2.75, 3.05) is 5.75 Å². The smallest absolute Gasteiger partial charge is 0.244 e. The van der Waals surface area contributed by atoms with E-state index in [0.29, 0.717) is 25.5 Å². The maximum absolute atomic E-state index is 13.6. The summed E-state index contributed by atoms with van der Waals surface area (Å²) in [6.07, 6.45) is -4.77. The predicted molar refractivity (Wildman–Crippen MR) is 66.6 cm³/mol. The Morgan fingerprint density at radius 1 is 0.944 bits per heavy atom. The Bertz CT molecular complexity index is 242. The normalized spacial score (nSPS) is 18.5. The van der Waals surface area contributed by atoms with E-state index < -0.39 is 29.9 Å². The fraction of sp³-hybridized carbons (Fsp3) is 1.00. The Balaban J connectivity index is 4.68. The van der Waals surface area contributed by atoms with Gasteiger partial charge in [0, 0.05) is 0 Å². The highest BCUT2D eigenvalue weighted by molar-refractivity contribution is 7.80. The molecule has 0 bridgehead atoms. The molecule has 6 heteroatoms. The maximum Gasteiger partial charge on any atom is 0.422 e. The van der Waals surface area contributed by atoms with Gasteiger partial charge in [0.25, 0.3) is 0 Å². The molecule has 0 aliphatic heterocycles. The molecule has 0 aliphatic carbocycles. The summed E-state index contributed by atoms with van der Waals surface area (Å²) in [5, 5.41) is 0. The molecule has 110 valence electrons. The Morgan fingerprint density at radius 3 is 1.78 bits per heavy atom. The quantitative estimate of drug-likeness (QED) is 0.488. The fourth-order valence-corrected chi connectivity index (χ4v) is 2.18. The van der Waals surface area contributed by atoms with Gasteiger partial charge in [0.2, 0.25) is 5.67 Å². The van der Waals surface area contributed by atoms with Gasteiger partial charge in [-0.1, -0.05) is 0 Å². The average Bonchev–Trinajstić information content (AvgIpc) is 2.09. The number of rotatable bonds is 7. The van der Waals surface area contributed by atoms with Crippen LogP contribution in [0.4, 0.5) is 22.0 Å². The van der Waals surface area contributed by atoms with Gasteiger partial charge in [-0.05, 0) is 58.1 Å². The van der Waals surface area contributed by atoms with Crippen molar-refractivity contribution in [3.8, 4) is 0 Å². The number of alkyl halides is 5. The van der Waals surface area contributed by atoms with Crippen LogP contribution in [0, 0.1) is 5.92 Å². The molecule has 0 aliphatic rings. The molecule has 0 fully saturated rings. The summed E-state index contributed by atoms with van der Waals surface area (Å²) in [5.41, 5.74) is -4.86. The lowest BCUT2D eigenvalue weighted by Gasteiger charge is -2.30. The molecule has 0 heterocycles. The molecule has 2 unspecified atom stereocenters. The third-order valence-electron chi connectivity index (χ3n) is 2.81. The zero-order chi connectivity index (χ0) is 14.6. The van der Waals surface area contributed by atoms with Gasteiger partial charge in [0.15, 0.2) is 0 Å². The molecular weight excluding hydrogens is 271 g/mol. The first-order chi connectivity index (χ1) is 7.89. The lowest BCUT2D eigenvalue weighted by Crippen LogP contribution is -2.40. The molecule has 0 amide bonds. The van der Waals surface area contributed by atoms with Crippen LogP contribution in [0.2, 0.25) is 0 Å². The summed E-state index contributed by atoms with van der Waals surface area (Å²) in [6, 6.07) is 0. The minimum Gasteiger partial charge on any atom is -0.244 e. The SMILES string of the molecule is CC(C)(F)CC(CCCS)CC(C)(F)C(F)(F)F. The molecule has 0 spiro atoms. The largest absolute Gasteiger partial charge is 0.422 e. The first-order valence-electron chi connectivity index (χ1n) is 5.94. The Hall–Kier alpha value is -0.0000000000000000555. The molecule has 0 aromatic rings. The van der Waals surface area contributed by atoms with Gasteiger partial charge in [0.1, 0.15) is 5.67 Å². The highest BCUT2D eigenvalue weighted by atomic mass is 32.1. The van der Waals surface area contributed by atoms with Crippen LogP contribution in [0.3, 0.4) is 0 Å². The van der Waals surface area contributed by atoms with E-state index in [9.17, 15) is 22.0 Å². The van der Waals surface area contributed by atoms with Crippen molar-refractivity contribution in [3.63, 3.8) is 0 Å². The second kappa shape index (κ2) is 6.44. The summed E-state index contributed by atoms with van der Waals surface area (Å²) in [7, 11) is 0. The van der Waals surface area contributed by atoms with Crippen LogP contribution in [0.1, 0.15) is 46.5 Å². The summed E-state index contributed by atoms with van der Waals surface area (Å²) in [4.78, 5) is 0. The number of hydrogen-bond acceptors (Lipinski definition) is 1. The van der Waals surface area contributed by atoms with Gasteiger partial charge < -0.3 is 0 Å². The van der Waals surface area contributed by atoms with Crippen molar-refractivity contribution in [1.29, 1.82) is 0 Å². The van der Waals surface area contributed by atoms with Crippen molar-refractivity contribution in [3.05, 3.63) is 0 Å². The van der Waals surface area contributed by atoms with E-state index in [1.807, 2.05) is 0 Å². The van der Waals surface area contributed by atoms with Crippen molar-refractivity contribution in [2.24, 2.45) is 5.92 Å². The summed E-state index contributed by atoms with van der Waals surface area (Å²) >= 11 is 3.97. The molecule has 0 aromatic heterocycles. The molecule has 0 rings (SSSR count). The molecule has 0 N–H and O–H groups in total. The van der Waals surface area contributed by atoms with Gasteiger partial charge in [0.05, 0.1) is 0 Å². The lowest BCUT2D eigenvalue weighted by molar-refractivity contribution is -0.230. The molecule has 0 radical (unpaired) electrons. The lowest BCUT2D eigenvalue weighted by atomic mass is 9.83. The summed E-state index contributed by atoms with van der Waals surface area (Å²) < 4.78 is 64.5. The van der Waals surface area contributed by atoms with Gasteiger partial charge in [-0.25, -0.2) is 8.78 Å². The third-order valence-corrected chi connectivity index (χ3v) is 3.12. The van der Waals surface area contributed by atoms with Crippen LogP contribution in [-0.4, -0.2) is 23.3 Å². The Morgan fingerprint density at radius 2 is 1.44 bits per heavy atom. The van der Waals surface area contributed by atoms with Gasteiger partial charge >= 0.3 is 6.18 Å². The van der Waals surface area contributed by atoms with Crippen LogP contribution < -0.4 is 0 Å². The highest BCUT2D eigenvalue weighted by Crippen LogP contribution is 2.41. The van der Waals surface area contributed by atoms with Gasteiger partial charge in [-0.3, -0.25) is 0 Å². The van der Waals surface area contributed by atoms with Crippen LogP contribution in [0.5, 0.6) is 0 Å². The number of hydrogen-bond donors (Lipinski definition) is 1. The van der Waals surface area contributed by atoms with Crippen LogP contribution in [0.25, 0.3) is 0 Å². The van der Waals surface area contributed by atoms with Crippen LogP contribution in [-0.2, 0) is 0 Å². The van der Waals surface area contributed by atoms with Crippen molar-refractivity contribution in [2.45, 2.75) is 64.0 Å². The van der Waals surface area contributed by atoms with E-state index in [-0.39, 0.29) is 6.42 Å². The van der Waals surface area contributed by atoms with E-state index in [1.165, 1.54) is 13.8 Å². The number of halogens is 5. The topological polar surface area (TPSA) is 0 Å². The zero-order valence-electron chi connectivity index (χ0n) is 10.9. The molecule has 0 saturated heterocycles. The molecule has 0 nitrogen and oxygen atoms in total. The summed E-state index contributed by atoms with van der Waals surface area (Å²) in [5.74, 6) is -0.133. The molecule has 0 saturated carbocycles. The van der Waals surface area contributed by atoms with Crippen molar-refractivity contribution < 1.29 is 22.0 Å². The highest BCUT2D eigenvalue weighted by Gasteiger charge is 2.52.